The maximum absolute atomic E-state index is 5.88. The van der Waals surface area contributed by atoms with E-state index >= 15 is 0 Å². The lowest BCUT2D eigenvalue weighted by molar-refractivity contribution is 0.270. The van der Waals surface area contributed by atoms with Gasteiger partial charge in [0.1, 0.15) is 5.82 Å². The van der Waals surface area contributed by atoms with E-state index in [1.807, 2.05) is 6.07 Å². The number of para-hydroxylation sites is 2. The van der Waals surface area contributed by atoms with Gasteiger partial charge in [0.2, 0.25) is 0 Å². The molecule has 0 spiro atoms. The van der Waals surface area contributed by atoms with E-state index in [4.69, 9.17) is 10.7 Å². The van der Waals surface area contributed by atoms with Crippen molar-refractivity contribution in [3.63, 3.8) is 0 Å². The standard InChI is InChI=1S/C15H24N4/c1-5-13(18(3)4)15-17-12-8-6-7-9-14(12)19(15)11(2)10-16/h6-9,11,13H,5,10,16H2,1-4H3. The van der Waals surface area contributed by atoms with Gasteiger partial charge >= 0.3 is 0 Å². The Morgan fingerprint density at radius 2 is 2.00 bits per heavy atom. The van der Waals surface area contributed by atoms with Crippen LogP contribution in [0.5, 0.6) is 0 Å². The summed E-state index contributed by atoms with van der Waals surface area (Å²) in [5, 5.41) is 0. The van der Waals surface area contributed by atoms with E-state index in [9.17, 15) is 0 Å². The Labute approximate surface area is 115 Å². The highest BCUT2D eigenvalue weighted by atomic mass is 15.2. The van der Waals surface area contributed by atoms with E-state index in [0.717, 1.165) is 17.8 Å². The van der Waals surface area contributed by atoms with Gasteiger partial charge in [0.15, 0.2) is 0 Å². The molecular weight excluding hydrogens is 236 g/mol. The van der Waals surface area contributed by atoms with Crippen molar-refractivity contribution in [1.29, 1.82) is 0 Å². The highest BCUT2D eigenvalue weighted by Crippen LogP contribution is 2.28. The lowest BCUT2D eigenvalue weighted by atomic mass is 10.2. The molecule has 0 aliphatic rings. The highest BCUT2D eigenvalue weighted by Gasteiger charge is 2.22. The molecule has 1 aromatic heterocycles. The lowest BCUT2D eigenvalue weighted by Crippen LogP contribution is -2.26. The van der Waals surface area contributed by atoms with Gasteiger partial charge in [-0.15, -0.1) is 0 Å². The quantitative estimate of drug-likeness (QED) is 0.898. The molecule has 2 N–H and O–H groups in total. The van der Waals surface area contributed by atoms with Crippen LogP contribution >= 0.6 is 0 Å². The Morgan fingerprint density at radius 1 is 1.32 bits per heavy atom. The number of fused-ring (bicyclic) bond motifs is 1. The number of hydrogen-bond donors (Lipinski definition) is 1. The Kier molecular flexibility index (Phi) is 4.22. The van der Waals surface area contributed by atoms with Crippen LogP contribution in [0.2, 0.25) is 0 Å². The predicted octanol–water partition coefficient (Wildman–Crippen LogP) is 2.57. The molecule has 0 amide bonds. The van der Waals surface area contributed by atoms with Crippen molar-refractivity contribution in [1.82, 2.24) is 14.5 Å². The Balaban J connectivity index is 2.64. The van der Waals surface area contributed by atoms with E-state index in [-0.39, 0.29) is 6.04 Å². The summed E-state index contributed by atoms with van der Waals surface area (Å²) in [5.41, 5.74) is 8.11. The molecule has 0 fully saturated rings. The number of benzene rings is 1. The minimum Gasteiger partial charge on any atom is -0.328 e. The predicted molar refractivity (Wildman–Crippen MR) is 80.2 cm³/mol. The van der Waals surface area contributed by atoms with Crippen LogP contribution in [0.25, 0.3) is 11.0 Å². The Hall–Kier alpha value is -1.39. The zero-order chi connectivity index (χ0) is 14.0. The van der Waals surface area contributed by atoms with Crippen molar-refractivity contribution < 1.29 is 0 Å². The Bertz CT molecular complexity index is 544. The first-order chi connectivity index (χ1) is 9.10. The molecule has 0 bridgehead atoms. The molecule has 2 aromatic rings. The third kappa shape index (κ3) is 2.51. The summed E-state index contributed by atoms with van der Waals surface area (Å²) in [7, 11) is 4.20. The van der Waals surface area contributed by atoms with E-state index in [2.05, 4.69) is 55.6 Å². The van der Waals surface area contributed by atoms with Crippen LogP contribution in [-0.4, -0.2) is 35.1 Å². The fourth-order valence-electron chi connectivity index (χ4n) is 2.65. The third-order valence-corrected chi connectivity index (χ3v) is 3.71. The fraction of sp³-hybridized carbons (Fsp3) is 0.533. The van der Waals surface area contributed by atoms with Crippen LogP contribution in [0.3, 0.4) is 0 Å². The molecule has 2 atom stereocenters. The molecule has 0 saturated carbocycles. The average Bonchev–Trinajstić information content (AvgIpc) is 2.77. The maximum atomic E-state index is 5.88. The van der Waals surface area contributed by atoms with Crippen molar-refractivity contribution >= 4 is 11.0 Å². The molecule has 4 nitrogen and oxygen atoms in total. The van der Waals surface area contributed by atoms with Crippen LogP contribution in [0.15, 0.2) is 24.3 Å². The van der Waals surface area contributed by atoms with E-state index in [0.29, 0.717) is 12.6 Å². The van der Waals surface area contributed by atoms with Gasteiger partial charge in [0, 0.05) is 12.6 Å². The number of nitrogens with two attached hydrogens (primary N) is 1. The van der Waals surface area contributed by atoms with Crippen LogP contribution < -0.4 is 5.73 Å². The second-order valence-corrected chi connectivity index (χ2v) is 5.30. The lowest BCUT2D eigenvalue weighted by Gasteiger charge is -2.25. The van der Waals surface area contributed by atoms with Gasteiger partial charge in [0.05, 0.1) is 17.1 Å². The molecule has 0 aliphatic heterocycles. The first-order valence-corrected chi connectivity index (χ1v) is 6.93. The van der Waals surface area contributed by atoms with Crippen molar-refractivity contribution in [3.8, 4) is 0 Å². The number of imidazole rings is 1. The normalized spacial score (nSPS) is 15.1. The fourth-order valence-corrected chi connectivity index (χ4v) is 2.65. The van der Waals surface area contributed by atoms with E-state index < -0.39 is 0 Å². The molecule has 2 unspecified atom stereocenters. The van der Waals surface area contributed by atoms with E-state index in [1.54, 1.807) is 0 Å². The summed E-state index contributed by atoms with van der Waals surface area (Å²) >= 11 is 0. The van der Waals surface area contributed by atoms with Gasteiger partial charge in [-0.2, -0.15) is 0 Å². The third-order valence-electron chi connectivity index (χ3n) is 3.71. The maximum Gasteiger partial charge on any atom is 0.127 e. The monoisotopic (exact) mass is 260 g/mol. The van der Waals surface area contributed by atoms with Gasteiger partial charge in [-0.3, -0.25) is 4.90 Å². The van der Waals surface area contributed by atoms with Gasteiger partial charge in [0.25, 0.3) is 0 Å². The molecule has 0 aliphatic carbocycles. The second kappa shape index (κ2) is 5.72. The van der Waals surface area contributed by atoms with Crippen molar-refractivity contribution in [3.05, 3.63) is 30.1 Å². The summed E-state index contributed by atoms with van der Waals surface area (Å²) in [4.78, 5) is 7.06. The molecule has 1 heterocycles. The van der Waals surface area contributed by atoms with Crippen LogP contribution in [-0.2, 0) is 0 Å². The molecule has 19 heavy (non-hydrogen) atoms. The molecule has 4 heteroatoms. The summed E-state index contributed by atoms with van der Waals surface area (Å²) in [6, 6.07) is 8.87. The number of nitrogens with zero attached hydrogens (tertiary/aromatic N) is 3. The van der Waals surface area contributed by atoms with E-state index in [1.165, 1.54) is 5.52 Å². The molecule has 0 radical (unpaired) electrons. The topological polar surface area (TPSA) is 47.1 Å². The summed E-state index contributed by atoms with van der Waals surface area (Å²) in [6.07, 6.45) is 1.04. The SMILES string of the molecule is CCC(c1nc2ccccc2n1C(C)CN)N(C)C. The number of rotatable bonds is 5. The number of aromatic nitrogens is 2. The number of hydrogen-bond acceptors (Lipinski definition) is 3. The molecule has 2 rings (SSSR count). The van der Waals surface area contributed by atoms with Crippen LogP contribution in [0.1, 0.15) is 38.2 Å². The molecular formula is C15H24N4. The average molecular weight is 260 g/mol. The van der Waals surface area contributed by atoms with Crippen molar-refractivity contribution in [2.75, 3.05) is 20.6 Å². The molecule has 0 saturated heterocycles. The Morgan fingerprint density at radius 3 is 2.58 bits per heavy atom. The first-order valence-electron chi connectivity index (χ1n) is 6.93. The van der Waals surface area contributed by atoms with Crippen molar-refractivity contribution in [2.24, 2.45) is 5.73 Å². The highest BCUT2D eigenvalue weighted by molar-refractivity contribution is 5.76. The summed E-state index contributed by atoms with van der Waals surface area (Å²) in [6.45, 7) is 4.97. The summed E-state index contributed by atoms with van der Waals surface area (Å²) < 4.78 is 2.30. The molecule has 104 valence electrons. The van der Waals surface area contributed by atoms with Gasteiger partial charge in [-0.25, -0.2) is 4.98 Å². The first kappa shape index (κ1) is 14.0. The van der Waals surface area contributed by atoms with Crippen LogP contribution in [0, 0.1) is 0 Å². The van der Waals surface area contributed by atoms with Crippen molar-refractivity contribution in [2.45, 2.75) is 32.4 Å². The van der Waals surface area contributed by atoms with Gasteiger partial charge < -0.3 is 10.3 Å². The minimum absolute atomic E-state index is 0.261. The zero-order valence-electron chi connectivity index (χ0n) is 12.3. The van der Waals surface area contributed by atoms with Gasteiger partial charge in [-0.05, 0) is 39.6 Å². The van der Waals surface area contributed by atoms with Crippen LogP contribution in [0.4, 0.5) is 0 Å². The molecule has 1 aromatic carbocycles. The minimum atomic E-state index is 0.261. The summed E-state index contributed by atoms with van der Waals surface area (Å²) in [5.74, 6) is 1.12. The van der Waals surface area contributed by atoms with Gasteiger partial charge in [-0.1, -0.05) is 19.1 Å². The second-order valence-electron chi connectivity index (χ2n) is 5.30. The zero-order valence-corrected chi connectivity index (χ0v) is 12.3. The largest absolute Gasteiger partial charge is 0.328 e. The smallest absolute Gasteiger partial charge is 0.127 e.